The highest BCUT2D eigenvalue weighted by molar-refractivity contribution is 5.84. The van der Waals surface area contributed by atoms with Gasteiger partial charge in [0.05, 0.1) is 0 Å². The van der Waals surface area contributed by atoms with Gasteiger partial charge in [0.2, 0.25) is 0 Å². The third kappa shape index (κ3) is 9.25. The minimum Gasteiger partial charge on any atom is -0.311 e. The summed E-state index contributed by atoms with van der Waals surface area (Å²) in [4.78, 5) is 9.13. The van der Waals surface area contributed by atoms with Crippen LogP contribution in [0, 0.1) is 13.8 Å². The van der Waals surface area contributed by atoms with Crippen LogP contribution >= 0.6 is 0 Å². The number of anilines is 11. The van der Waals surface area contributed by atoms with E-state index in [1.807, 2.05) is 37.3 Å². The fraction of sp³-hybridized carbons (Fsp3) is 0.0526. The average Bonchev–Trinajstić information content (AvgIpc) is 3.30. The van der Waals surface area contributed by atoms with E-state index in [0.717, 1.165) is 68.3 Å². The van der Waals surface area contributed by atoms with Crippen LogP contribution in [0.25, 0.3) is 0 Å². The molecule has 61 heavy (non-hydrogen) atoms. The molecule has 0 fully saturated rings. The van der Waals surface area contributed by atoms with Crippen LogP contribution in [0.5, 0.6) is 0 Å². The van der Waals surface area contributed by atoms with Crippen molar-refractivity contribution in [3.05, 3.63) is 260 Å². The third-order valence-electron chi connectivity index (χ3n) is 10.5. The van der Waals surface area contributed by atoms with Gasteiger partial charge in [-0.15, -0.1) is 0 Å². The first kappa shape index (κ1) is 40.0. The molecule has 4 heteroatoms. The predicted octanol–water partition coefficient (Wildman–Crippen LogP) is 16.5. The van der Waals surface area contributed by atoms with Gasteiger partial charge >= 0.3 is 0 Å². The molecule has 0 unspecified atom stereocenters. The van der Waals surface area contributed by atoms with Crippen molar-refractivity contribution in [3.8, 4) is 0 Å². The highest BCUT2D eigenvalue weighted by Crippen LogP contribution is 2.42. The highest BCUT2D eigenvalue weighted by atomic mass is 15.2. The standard InChI is InChI=1S/C57H50N4/c1-5-6-10-21-46(4)58(47-22-11-7-12-23-47)50-30-32-51(33-31-50)59(52-34-38-54(39-35-52)60(48-24-13-8-14-25-48)56-28-17-19-44(2)42-56)53-36-40-55(41-37-53)61(49-26-15-9-16-27-49)57-29-18-20-45(3)43-57/h5-43H,4H2,1-3H3. The van der Waals surface area contributed by atoms with Gasteiger partial charge in [0, 0.05) is 68.3 Å². The summed E-state index contributed by atoms with van der Waals surface area (Å²) in [5.41, 5.74) is 15.1. The quantitative estimate of drug-likeness (QED) is 0.102. The molecule has 0 aliphatic carbocycles. The lowest BCUT2D eigenvalue weighted by molar-refractivity contribution is 1.21. The second kappa shape index (κ2) is 18.8. The molecular formula is C57H50N4. The molecule has 4 nitrogen and oxygen atoms in total. The minimum atomic E-state index is 0.869. The van der Waals surface area contributed by atoms with E-state index in [9.17, 15) is 0 Å². The zero-order valence-electron chi connectivity index (χ0n) is 35.0. The van der Waals surface area contributed by atoms with E-state index in [1.54, 1.807) is 0 Å². The molecule has 0 saturated carbocycles. The van der Waals surface area contributed by atoms with Crippen molar-refractivity contribution in [1.82, 2.24) is 0 Å². The van der Waals surface area contributed by atoms with Crippen LogP contribution in [0.4, 0.5) is 62.6 Å². The molecule has 8 rings (SSSR count). The molecule has 0 aromatic heterocycles. The van der Waals surface area contributed by atoms with E-state index in [-0.39, 0.29) is 0 Å². The molecule has 0 saturated heterocycles. The maximum absolute atomic E-state index is 4.46. The smallest absolute Gasteiger partial charge is 0.0464 e. The van der Waals surface area contributed by atoms with Crippen LogP contribution < -0.4 is 19.6 Å². The van der Waals surface area contributed by atoms with Crippen LogP contribution in [0.3, 0.4) is 0 Å². The lowest BCUT2D eigenvalue weighted by atomic mass is 10.1. The molecule has 298 valence electrons. The zero-order chi connectivity index (χ0) is 42.0. The summed E-state index contributed by atoms with van der Waals surface area (Å²) in [7, 11) is 0. The van der Waals surface area contributed by atoms with E-state index in [0.29, 0.717) is 0 Å². The van der Waals surface area contributed by atoms with Crippen molar-refractivity contribution in [2.45, 2.75) is 20.8 Å². The molecule has 0 N–H and O–H groups in total. The fourth-order valence-electron chi connectivity index (χ4n) is 7.69. The van der Waals surface area contributed by atoms with Crippen molar-refractivity contribution in [2.75, 3.05) is 19.6 Å². The minimum absolute atomic E-state index is 0.869. The van der Waals surface area contributed by atoms with Crippen molar-refractivity contribution in [3.63, 3.8) is 0 Å². The van der Waals surface area contributed by atoms with Gasteiger partial charge in [-0.05, 0) is 171 Å². The Labute approximate surface area is 361 Å². The summed E-state index contributed by atoms with van der Waals surface area (Å²) < 4.78 is 0. The monoisotopic (exact) mass is 790 g/mol. The Bertz CT molecular complexity index is 2590. The topological polar surface area (TPSA) is 13.0 Å². The molecule has 0 amide bonds. The number of benzene rings is 8. The Kier molecular flexibility index (Phi) is 12.3. The van der Waals surface area contributed by atoms with Gasteiger partial charge in [-0.25, -0.2) is 0 Å². The lowest BCUT2D eigenvalue weighted by Crippen LogP contribution is -2.15. The predicted molar refractivity (Wildman–Crippen MR) is 262 cm³/mol. The second-order valence-electron chi connectivity index (χ2n) is 15.0. The summed E-state index contributed by atoms with van der Waals surface area (Å²) in [6.07, 6.45) is 8.10. The lowest BCUT2D eigenvalue weighted by Gasteiger charge is -2.30. The number of aryl methyl sites for hydroxylation is 2. The van der Waals surface area contributed by atoms with Crippen molar-refractivity contribution < 1.29 is 0 Å². The largest absolute Gasteiger partial charge is 0.311 e. The van der Waals surface area contributed by atoms with Crippen LogP contribution in [0.15, 0.2) is 249 Å². The SMILES string of the molecule is C=C(C=CC=CC)N(c1ccccc1)c1ccc(N(c2ccc(N(c3ccccc3)c3cccc(C)c3)cc2)c2ccc(N(c3ccccc3)c3cccc(C)c3)cc2)cc1. The van der Waals surface area contributed by atoms with Gasteiger partial charge in [0.15, 0.2) is 0 Å². The number of hydrogen-bond donors (Lipinski definition) is 0. The molecule has 0 aliphatic rings. The maximum Gasteiger partial charge on any atom is 0.0464 e. The van der Waals surface area contributed by atoms with E-state index < -0.39 is 0 Å². The number of para-hydroxylation sites is 3. The van der Waals surface area contributed by atoms with Gasteiger partial charge in [0.1, 0.15) is 0 Å². The third-order valence-corrected chi connectivity index (χ3v) is 10.5. The summed E-state index contributed by atoms with van der Waals surface area (Å²) >= 11 is 0. The second-order valence-corrected chi connectivity index (χ2v) is 15.0. The number of rotatable bonds is 14. The normalized spacial score (nSPS) is 11.1. The Hall–Kier alpha value is -7.82. The van der Waals surface area contributed by atoms with Gasteiger partial charge in [-0.3, -0.25) is 0 Å². The van der Waals surface area contributed by atoms with Crippen molar-refractivity contribution >= 4 is 62.6 Å². The molecule has 0 atom stereocenters. The molecule has 0 spiro atoms. The molecule has 0 bridgehead atoms. The van der Waals surface area contributed by atoms with Crippen molar-refractivity contribution in [1.29, 1.82) is 0 Å². The Morgan fingerprint density at radius 2 is 0.639 bits per heavy atom. The van der Waals surface area contributed by atoms with Crippen LogP contribution in [0.2, 0.25) is 0 Å². The van der Waals surface area contributed by atoms with Crippen LogP contribution in [-0.2, 0) is 0 Å². The van der Waals surface area contributed by atoms with E-state index in [2.05, 4.69) is 246 Å². The van der Waals surface area contributed by atoms with E-state index in [4.69, 9.17) is 0 Å². The summed E-state index contributed by atoms with van der Waals surface area (Å²) in [6, 6.07) is 75.3. The van der Waals surface area contributed by atoms with Crippen molar-refractivity contribution in [2.24, 2.45) is 0 Å². The number of allylic oxidation sites excluding steroid dienone is 4. The Morgan fingerprint density at radius 1 is 0.344 bits per heavy atom. The number of nitrogens with zero attached hydrogens (tertiary/aromatic N) is 4. The first-order chi connectivity index (χ1) is 30.0. The van der Waals surface area contributed by atoms with Gasteiger partial charge in [-0.1, -0.05) is 104 Å². The summed E-state index contributed by atoms with van der Waals surface area (Å²) in [6.45, 7) is 10.8. The highest BCUT2D eigenvalue weighted by Gasteiger charge is 2.19. The van der Waals surface area contributed by atoms with Gasteiger partial charge in [-0.2, -0.15) is 0 Å². The number of hydrogen-bond acceptors (Lipinski definition) is 4. The summed E-state index contributed by atoms with van der Waals surface area (Å²) in [5, 5.41) is 0. The first-order valence-electron chi connectivity index (χ1n) is 20.7. The average molecular weight is 791 g/mol. The molecule has 0 radical (unpaired) electrons. The van der Waals surface area contributed by atoms with Gasteiger partial charge < -0.3 is 19.6 Å². The molecule has 0 heterocycles. The first-order valence-corrected chi connectivity index (χ1v) is 20.7. The van der Waals surface area contributed by atoms with Gasteiger partial charge in [0.25, 0.3) is 0 Å². The fourth-order valence-corrected chi connectivity index (χ4v) is 7.69. The Morgan fingerprint density at radius 3 is 1.00 bits per heavy atom. The zero-order valence-corrected chi connectivity index (χ0v) is 35.0. The maximum atomic E-state index is 4.46. The van der Waals surface area contributed by atoms with Crippen LogP contribution in [0.1, 0.15) is 18.1 Å². The molecule has 0 aliphatic heterocycles. The molecular weight excluding hydrogens is 741 g/mol. The molecule has 8 aromatic rings. The molecule has 8 aromatic carbocycles. The van der Waals surface area contributed by atoms with E-state index >= 15 is 0 Å². The van der Waals surface area contributed by atoms with E-state index in [1.165, 1.54) is 11.1 Å². The summed E-state index contributed by atoms with van der Waals surface area (Å²) in [5.74, 6) is 0. The van der Waals surface area contributed by atoms with Crippen LogP contribution in [-0.4, -0.2) is 0 Å². The Balaban J connectivity index is 1.21.